The number of nitrogens with one attached hydrogen (secondary N) is 1. The topological polar surface area (TPSA) is 65.4 Å². The van der Waals surface area contributed by atoms with Crippen LogP contribution in [0.4, 0.5) is 5.82 Å². The molecule has 144 valence electrons. The van der Waals surface area contributed by atoms with Gasteiger partial charge in [0.1, 0.15) is 17.3 Å². The fourth-order valence-electron chi connectivity index (χ4n) is 3.08. The maximum atomic E-state index is 13.0. The van der Waals surface area contributed by atoms with Crippen molar-refractivity contribution in [2.75, 3.05) is 19.5 Å². The number of nitrogens with zero attached hydrogens (tertiary/aromatic N) is 2. The van der Waals surface area contributed by atoms with Crippen LogP contribution in [0.15, 0.2) is 42.5 Å². The number of halogens is 1. The lowest BCUT2D eigenvalue weighted by molar-refractivity contribution is 0.102. The SMILES string of the molecule is COc1ccc(-n2nc3c(c2NC(=O)c2cc(Cl)ccc2OC)CSC3)cc1. The number of anilines is 1. The number of rotatable bonds is 5. The Kier molecular flexibility index (Phi) is 5.19. The van der Waals surface area contributed by atoms with Gasteiger partial charge in [0.25, 0.3) is 5.91 Å². The highest BCUT2D eigenvalue weighted by Gasteiger charge is 2.26. The average Bonchev–Trinajstić information content (AvgIpc) is 3.30. The van der Waals surface area contributed by atoms with Gasteiger partial charge < -0.3 is 14.8 Å². The minimum Gasteiger partial charge on any atom is -0.497 e. The number of aromatic nitrogens is 2. The summed E-state index contributed by atoms with van der Waals surface area (Å²) in [5, 5.41) is 8.19. The molecule has 2 heterocycles. The molecule has 3 aromatic rings. The highest BCUT2D eigenvalue weighted by atomic mass is 35.5. The number of carbonyl (C=O) groups is 1. The molecule has 0 unspecified atom stereocenters. The summed E-state index contributed by atoms with van der Waals surface area (Å²) in [6.07, 6.45) is 0. The molecule has 1 aromatic heterocycles. The number of fused-ring (bicyclic) bond motifs is 1. The summed E-state index contributed by atoms with van der Waals surface area (Å²) in [6, 6.07) is 12.5. The van der Waals surface area contributed by atoms with Gasteiger partial charge in [-0.05, 0) is 42.5 Å². The zero-order valence-electron chi connectivity index (χ0n) is 15.4. The number of carbonyl (C=O) groups excluding carboxylic acids is 1. The Balaban J connectivity index is 1.73. The summed E-state index contributed by atoms with van der Waals surface area (Å²) < 4.78 is 12.3. The summed E-state index contributed by atoms with van der Waals surface area (Å²) >= 11 is 7.85. The lowest BCUT2D eigenvalue weighted by Gasteiger charge is -2.13. The van der Waals surface area contributed by atoms with E-state index in [4.69, 9.17) is 26.2 Å². The van der Waals surface area contributed by atoms with E-state index in [9.17, 15) is 4.79 Å². The van der Waals surface area contributed by atoms with Crippen molar-refractivity contribution in [1.29, 1.82) is 0 Å². The van der Waals surface area contributed by atoms with E-state index in [0.29, 0.717) is 22.2 Å². The number of benzene rings is 2. The Labute approximate surface area is 171 Å². The number of amides is 1. The lowest BCUT2D eigenvalue weighted by Crippen LogP contribution is -2.17. The fraction of sp³-hybridized carbons (Fsp3) is 0.200. The Morgan fingerprint density at radius 3 is 2.64 bits per heavy atom. The van der Waals surface area contributed by atoms with E-state index in [-0.39, 0.29) is 5.91 Å². The van der Waals surface area contributed by atoms with Crippen LogP contribution in [-0.4, -0.2) is 29.9 Å². The monoisotopic (exact) mass is 415 g/mol. The van der Waals surface area contributed by atoms with Crippen molar-refractivity contribution >= 4 is 35.1 Å². The van der Waals surface area contributed by atoms with Crippen LogP contribution in [0.25, 0.3) is 5.69 Å². The second kappa shape index (κ2) is 7.77. The van der Waals surface area contributed by atoms with Crippen LogP contribution in [0.5, 0.6) is 11.5 Å². The van der Waals surface area contributed by atoms with Crippen LogP contribution in [0, 0.1) is 0 Å². The van der Waals surface area contributed by atoms with Crippen LogP contribution >= 0.6 is 23.4 Å². The third kappa shape index (κ3) is 3.43. The van der Waals surface area contributed by atoms with Gasteiger partial charge in [0, 0.05) is 22.1 Å². The van der Waals surface area contributed by atoms with E-state index in [0.717, 1.165) is 34.2 Å². The molecule has 28 heavy (non-hydrogen) atoms. The molecule has 0 radical (unpaired) electrons. The van der Waals surface area contributed by atoms with Gasteiger partial charge in [0.15, 0.2) is 0 Å². The fourth-order valence-corrected chi connectivity index (χ4v) is 4.29. The minimum absolute atomic E-state index is 0.297. The molecule has 0 aliphatic carbocycles. The van der Waals surface area contributed by atoms with E-state index >= 15 is 0 Å². The molecule has 1 N–H and O–H groups in total. The molecule has 6 nitrogen and oxygen atoms in total. The zero-order chi connectivity index (χ0) is 19.7. The van der Waals surface area contributed by atoms with Gasteiger partial charge >= 0.3 is 0 Å². The largest absolute Gasteiger partial charge is 0.497 e. The van der Waals surface area contributed by atoms with E-state index in [1.165, 1.54) is 7.11 Å². The Hall–Kier alpha value is -2.64. The molecule has 0 atom stereocenters. The summed E-state index contributed by atoms with van der Waals surface area (Å²) in [5.74, 6) is 3.21. The first-order valence-corrected chi connectivity index (χ1v) is 10.1. The van der Waals surface area contributed by atoms with Gasteiger partial charge in [-0.15, -0.1) is 0 Å². The van der Waals surface area contributed by atoms with Gasteiger partial charge in [-0.2, -0.15) is 16.9 Å². The van der Waals surface area contributed by atoms with Crippen LogP contribution < -0.4 is 14.8 Å². The number of ether oxygens (including phenoxy) is 2. The summed E-state index contributed by atoms with van der Waals surface area (Å²) in [4.78, 5) is 13.0. The van der Waals surface area contributed by atoms with Crippen molar-refractivity contribution in [3.05, 3.63) is 64.3 Å². The Morgan fingerprint density at radius 2 is 1.93 bits per heavy atom. The van der Waals surface area contributed by atoms with Crippen molar-refractivity contribution in [3.63, 3.8) is 0 Å². The van der Waals surface area contributed by atoms with Crippen LogP contribution in [0.1, 0.15) is 21.6 Å². The number of thioether (sulfide) groups is 1. The third-order valence-corrected chi connectivity index (χ3v) is 5.71. The average molecular weight is 416 g/mol. The molecule has 0 fully saturated rings. The molecule has 2 aromatic carbocycles. The molecule has 0 saturated heterocycles. The molecule has 0 spiro atoms. The molecule has 8 heteroatoms. The van der Waals surface area contributed by atoms with Crippen LogP contribution in [0.2, 0.25) is 5.02 Å². The molecule has 1 aliphatic heterocycles. The van der Waals surface area contributed by atoms with Crippen molar-refractivity contribution in [2.45, 2.75) is 11.5 Å². The van der Waals surface area contributed by atoms with E-state index in [1.54, 1.807) is 41.8 Å². The van der Waals surface area contributed by atoms with E-state index < -0.39 is 0 Å². The maximum Gasteiger partial charge on any atom is 0.260 e. The molecule has 1 aliphatic rings. The number of hydrogen-bond donors (Lipinski definition) is 1. The predicted molar refractivity (Wildman–Crippen MR) is 111 cm³/mol. The van der Waals surface area contributed by atoms with Gasteiger partial charge in [-0.1, -0.05) is 11.6 Å². The Morgan fingerprint density at radius 1 is 1.14 bits per heavy atom. The number of methoxy groups -OCH3 is 2. The predicted octanol–water partition coefficient (Wildman–Crippen LogP) is 4.54. The highest BCUT2D eigenvalue weighted by Crippen LogP contribution is 2.37. The van der Waals surface area contributed by atoms with Crippen molar-refractivity contribution in [1.82, 2.24) is 9.78 Å². The normalized spacial score (nSPS) is 12.5. The highest BCUT2D eigenvalue weighted by molar-refractivity contribution is 7.98. The molecule has 0 saturated carbocycles. The maximum absolute atomic E-state index is 13.0. The van der Waals surface area contributed by atoms with Gasteiger partial charge in [-0.3, -0.25) is 4.79 Å². The second-order valence-electron chi connectivity index (χ2n) is 6.18. The van der Waals surface area contributed by atoms with Crippen molar-refractivity contribution in [2.24, 2.45) is 0 Å². The smallest absolute Gasteiger partial charge is 0.260 e. The number of hydrogen-bond acceptors (Lipinski definition) is 5. The first-order chi connectivity index (χ1) is 13.6. The van der Waals surface area contributed by atoms with Crippen molar-refractivity contribution in [3.8, 4) is 17.2 Å². The van der Waals surface area contributed by atoms with Crippen molar-refractivity contribution < 1.29 is 14.3 Å². The second-order valence-corrected chi connectivity index (χ2v) is 7.60. The summed E-state index contributed by atoms with van der Waals surface area (Å²) in [5.41, 5.74) is 3.23. The molecular weight excluding hydrogens is 398 g/mol. The summed E-state index contributed by atoms with van der Waals surface area (Å²) in [6.45, 7) is 0. The van der Waals surface area contributed by atoms with Crippen LogP contribution in [0.3, 0.4) is 0 Å². The third-order valence-electron chi connectivity index (χ3n) is 4.51. The van der Waals surface area contributed by atoms with E-state index in [1.807, 2.05) is 24.3 Å². The Bertz CT molecular complexity index is 1030. The molecule has 0 bridgehead atoms. The minimum atomic E-state index is -0.297. The van der Waals surface area contributed by atoms with E-state index in [2.05, 4.69) is 5.32 Å². The van der Waals surface area contributed by atoms with Gasteiger partial charge in [0.2, 0.25) is 0 Å². The zero-order valence-corrected chi connectivity index (χ0v) is 16.9. The molecular formula is C20H18ClN3O3S. The van der Waals surface area contributed by atoms with Gasteiger partial charge in [-0.25, -0.2) is 4.68 Å². The molecule has 1 amide bonds. The van der Waals surface area contributed by atoms with Gasteiger partial charge in [0.05, 0.1) is 31.2 Å². The first kappa shape index (κ1) is 18.7. The standard InChI is InChI=1S/C20H18ClN3O3S/c1-26-14-6-4-13(5-7-14)24-19(16-10-28-11-17(16)23-24)22-20(25)15-9-12(21)3-8-18(15)27-2/h3-9H,10-11H2,1-2H3,(H,22,25). The molecule has 4 rings (SSSR count). The summed E-state index contributed by atoms with van der Waals surface area (Å²) in [7, 11) is 3.15. The quantitative estimate of drug-likeness (QED) is 0.662. The van der Waals surface area contributed by atoms with Crippen LogP contribution in [-0.2, 0) is 11.5 Å². The lowest BCUT2D eigenvalue weighted by atomic mass is 10.2. The first-order valence-electron chi connectivity index (χ1n) is 8.58.